The van der Waals surface area contributed by atoms with Crippen LogP contribution in [0.2, 0.25) is 0 Å². The van der Waals surface area contributed by atoms with E-state index in [-0.39, 0.29) is 11.3 Å². The fourth-order valence-electron chi connectivity index (χ4n) is 1.30. The fraction of sp³-hybridized carbons (Fsp3) is 0.500. The van der Waals surface area contributed by atoms with Gasteiger partial charge < -0.3 is 0 Å². The summed E-state index contributed by atoms with van der Waals surface area (Å²) in [6, 6.07) is 0. The number of hydrogen-bond donors (Lipinski definition) is 1. The van der Waals surface area contributed by atoms with E-state index in [0.29, 0.717) is 0 Å². The SMILES string of the molecule is Cn1cc(S(=O)(=O)NC(=O)C2CC2(Cl)Cl)cn1. The molecule has 6 nitrogen and oxygen atoms in total. The molecule has 0 spiro atoms. The normalized spacial score (nSPS) is 22.2. The number of nitrogens with one attached hydrogen (secondary N) is 1. The van der Waals surface area contributed by atoms with Crippen LogP contribution in [-0.2, 0) is 21.9 Å². The molecule has 1 saturated carbocycles. The van der Waals surface area contributed by atoms with Gasteiger partial charge in [-0.3, -0.25) is 9.48 Å². The maximum absolute atomic E-state index is 11.7. The molecule has 1 aromatic heterocycles. The average molecular weight is 298 g/mol. The van der Waals surface area contributed by atoms with E-state index < -0.39 is 26.2 Å². The van der Waals surface area contributed by atoms with E-state index in [1.807, 2.05) is 4.72 Å². The first-order valence-corrected chi connectivity index (χ1v) is 6.89. The highest BCUT2D eigenvalue weighted by molar-refractivity contribution is 7.90. The van der Waals surface area contributed by atoms with E-state index in [0.717, 1.165) is 6.20 Å². The lowest BCUT2D eigenvalue weighted by atomic mass is 10.4. The molecule has 1 fully saturated rings. The van der Waals surface area contributed by atoms with Gasteiger partial charge in [-0.05, 0) is 6.42 Å². The van der Waals surface area contributed by atoms with Crippen molar-refractivity contribution in [3.8, 4) is 0 Å². The molecule has 1 amide bonds. The molecule has 1 N–H and O–H groups in total. The predicted molar refractivity (Wildman–Crippen MR) is 61.1 cm³/mol. The zero-order chi connectivity index (χ0) is 12.8. The second-order valence-corrected chi connectivity index (χ2v) is 7.06. The van der Waals surface area contributed by atoms with E-state index in [4.69, 9.17) is 23.2 Å². The monoisotopic (exact) mass is 297 g/mol. The van der Waals surface area contributed by atoms with Crippen molar-refractivity contribution >= 4 is 39.1 Å². The van der Waals surface area contributed by atoms with E-state index in [1.165, 1.54) is 10.9 Å². The Hall–Kier alpha value is -0.790. The molecule has 0 bridgehead atoms. The van der Waals surface area contributed by atoms with Crippen molar-refractivity contribution in [2.45, 2.75) is 15.6 Å². The van der Waals surface area contributed by atoms with Crippen LogP contribution in [0.3, 0.4) is 0 Å². The van der Waals surface area contributed by atoms with Crippen LogP contribution < -0.4 is 4.72 Å². The first-order valence-electron chi connectivity index (χ1n) is 4.65. The maximum atomic E-state index is 11.7. The Morgan fingerprint density at radius 2 is 2.24 bits per heavy atom. The van der Waals surface area contributed by atoms with Gasteiger partial charge in [0.05, 0.1) is 12.1 Å². The van der Waals surface area contributed by atoms with Crippen molar-refractivity contribution in [2.24, 2.45) is 13.0 Å². The van der Waals surface area contributed by atoms with E-state index >= 15 is 0 Å². The number of aromatic nitrogens is 2. The molecular weight excluding hydrogens is 289 g/mol. The highest BCUT2D eigenvalue weighted by atomic mass is 35.5. The molecule has 2 rings (SSSR count). The molecule has 17 heavy (non-hydrogen) atoms. The van der Waals surface area contributed by atoms with Crippen LogP contribution in [0.1, 0.15) is 6.42 Å². The van der Waals surface area contributed by atoms with Crippen molar-refractivity contribution in [1.29, 1.82) is 0 Å². The number of alkyl halides is 2. The van der Waals surface area contributed by atoms with Gasteiger partial charge >= 0.3 is 0 Å². The van der Waals surface area contributed by atoms with Crippen molar-refractivity contribution in [3.63, 3.8) is 0 Å². The Labute approximate surface area is 108 Å². The smallest absolute Gasteiger partial charge is 0.267 e. The van der Waals surface area contributed by atoms with Gasteiger partial charge in [-0.2, -0.15) is 5.10 Å². The molecule has 1 atom stereocenters. The lowest BCUT2D eigenvalue weighted by Crippen LogP contribution is -2.32. The summed E-state index contributed by atoms with van der Waals surface area (Å²) in [7, 11) is -2.32. The third-order valence-corrected chi connectivity index (χ3v) is 4.51. The van der Waals surface area contributed by atoms with Crippen molar-refractivity contribution in [2.75, 3.05) is 0 Å². The molecule has 0 radical (unpaired) electrons. The van der Waals surface area contributed by atoms with E-state index in [1.54, 1.807) is 7.05 Å². The summed E-state index contributed by atoms with van der Waals surface area (Å²) in [5.41, 5.74) is 0. The summed E-state index contributed by atoms with van der Waals surface area (Å²) in [6.45, 7) is 0. The Balaban J connectivity index is 2.11. The number of nitrogens with zero attached hydrogens (tertiary/aromatic N) is 2. The van der Waals surface area contributed by atoms with Gasteiger partial charge in [-0.25, -0.2) is 13.1 Å². The topological polar surface area (TPSA) is 81.1 Å². The van der Waals surface area contributed by atoms with Crippen LogP contribution in [-0.4, -0.2) is 28.4 Å². The summed E-state index contributed by atoms with van der Waals surface area (Å²) in [6.07, 6.45) is 2.69. The van der Waals surface area contributed by atoms with Crippen LogP contribution in [0.5, 0.6) is 0 Å². The van der Waals surface area contributed by atoms with E-state index in [9.17, 15) is 13.2 Å². The molecule has 94 valence electrons. The number of carbonyl (C=O) groups is 1. The maximum Gasteiger partial charge on any atom is 0.267 e. The van der Waals surface area contributed by atoms with Crippen molar-refractivity contribution in [1.82, 2.24) is 14.5 Å². The molecule has 0 saturated heterocycles. The van der Waals surface area contributed by atoms with Gasteiger partial charge in [0.25, 0.3) is 10.0 Å². The second kappa shape index (κ2) is 3.86. The molecule has 1 aromatic rings. The first-order chi connectivity index (χ1) is 7.72. The van der Waals surface area contributed by atoms with Gasteiger partial charge in [0.2, 0.25) is 5.91 Å². The van der Waals surface area contributed by atoms with Crippen molar-refractivity contribution < 1.29 is 13.2 Å². The summed E-state index contributed by atoms with van der Waals surface area (Å²) >= 11 is 11.3. The molecular formula is C8H9Cl2N3O3S. The minimum atomic E-state index is -3.89. The zero-order valence-corrected chi connectivity index (χ0v) is 11.1. The van der Waals surface area contributed by atoms with Gasteiger partial charge in [0.1, 0.15) is 9.23 Å². The van der Waals surface area contributed by atoms with Gasteiger partial charge in [0.15, 0.2) is 0 Å². The van der Waals surface area contributed by atoms with Crippen LogP contribution in [0.25, 0.3) is 0 Å². The molecule has 0 aliphatic heterocycles. The summed E-state index contributed by atoms with van der Waals surface area (Å²) in [5.74, 6) is -1.38. The predicted octanol–water partition coefficient (Wildman–Crippen LogP) is 0.419. The highest BCUT2D eigenvalue weighted by Crippen LogP contribution is 2.53. The number of rotatable bonds is 3. The minimum Gasteiger partial charge on any atom is -0.274 e. The summed E-state index contributed by atoms with van der Waals surface area (Å²) in [5, 5.41) is 3.71. The lowest BCUT2D eigenvalue weighted by molar-refractivity contribution is -0.120. The fourth-order valence-corrected chi connectivity index (χ4v) is 2.81. The van der Waals surface area contributed by atoms with E-state index in [2.05, 4.69) is 5.10 Å². The Bertz CT molecular complexity index is 566. The Morgan fingerprint density at radius 3 is 2.65 bits per heavy atom. The average Bonchev–Trinajstić information content (AvgIpc) is 2.61. The number of sulfonamides is 1. The highest BCUT2D eigenvalue weighted by Gasteiger charge is 2.57. The van der Waals surface area contributed by atoms with Gasteiger partial charge in [-0.15, -0.1) is 23.2 Å². The van der Waals surface area contributed by atoms with Crippen molar-refractivity contribution in [3.05, 3.63) is 12.4 Å². The zero-order valence-electron chi connectivity index (χ0n) is 8.72. The quantitative estimate of drug-likeness (QED) is 0.820. The van der Waals surface area contributed by atoms with Crippen LogP contribution >= 0.6 is 23.2 Å². The standard InChI is InChI=1S/C8H9Cl2N3O3S/c1-13-4-5(3-11-13)17(15,16)12-7(14)6-2-8(6,9)10/h3-4,6H,2H2,1H3,(H,12,14). The number of aryl methyl sites for hydroxylation is 1. The molecule has 0 aromatic carbocycles. The first kappa shape index (κ1) is 12.7. The molecule has 1 aliphatic rings. The molecule has 1 unspecified atom stereocenters. The Morgan fingerprint density at radius 1 is 1.65 bits per heavy atom. The van der Waals surface area contributed by atoms with Gasteiger partial charge in [0, 0.05) is 13.2 Å². The molecule has 9 heteroatoms. The number of carbonyl (C=O) groups excluding carboxylic acids is 1. The number of amides is 1. The number of hydrogen-bond acceptors (Lipinski definition) is 4. The second-order valence-electron chi connectivity index (χ2n) is 3.84. The van der Waals surface area contributed by atoms with Crippen LogP contribution in [0, 0.1) is 5.92 Å². The van der Waals surface area contributed by atoms with Crippen LogP contribution in [0.4, 0.5) is 0 Å². The third-order valence-electron chi connectivity index (χ3n) is 2.37. The minimum absolute atomic E-state index is 0.0799. The van der Waals surface area contributed by atoms with Crippen LogP contribution in [0.15, 0.2) is 17.3 Å². The Kier molecular flexibility index (Phi) is 2.87. The largest absolute Gasteiger partial charge is 0.274 e. The lowest BCUT2D eigenvalue weighted by Gasteiger charge is -2.04. The van der Waals surface area contributed by atoms with Gasteiger partial charge in [-0.1, -0.05) is 0 Å². The summed E-state index contributed by atoms with van der Waals surface area (Å²) in [4.78, 5) is 11.5. The number of halogens is 2. The summed E-state index contributed by atoms with van der Waals surface area (Å²) < 4.78 is 25.5. The molecule has 1 aliphatic carbocycles. The molecule has 1 heterocycles. The third kappa shape index (κ3) is 2.56.